The second kappa shape index (κ2) is 6.48. The highest BCUT2D eigenvalue weighted by atomic mass is 16.5. The van der Waals surface area contributed by atoms with Gasteiger partial charge in [-0.3, -0.25) is 0 Å². The van der Waals surface area contributed by atoms with Crippen LogP contribution >= 0.6 is 0 Å². The van der Waals surface area contributed by atoms with E-state index < -0.39 is 0 Å². The van der Waals surface area contributed by atoms with Gasteiger partial charge in [-0.05, 0) is 76.7 Å². The molecule has 1 aliphatic carbocycles. The Morgan fingerprint density at radius 1 is 1.12 bits per heavy atom. The summed E-state index contributed by atoms with van der Waals surface area (Å²) >= 11 is 0. The minimum atomic E-state index is 0.185. The zero-order valence-electron chi connectivity index (χ0n) is 15.9. The summed E-state index contributed by atoms with van der Waals surface area (Å²) in [6.45, 7) is 7.10. The molecule has 0 spiro atoms. The van der Waals surface area contributed by atoms with Gasteiger partial charge in [-0.1, -0.05) is 26.0 Å². The lowest BCUT2D eigenvalue weighted by Gasteiger charge is -2.19. The summed E-state index contributed by atoms with van der Waals surface area (Å²) in [5.41, 5.74) is 3.85. The smallest absolute Gasteiger partial charge is 0.130 e. The number of benzene rings is 3. The zero-order valence-corrected chi connectivity index (χ0v) is 15.9. The summed E-state index contributed by atoms with van der Waals surface area (Å²) in [5, 5.41) is 14.7. The van der Waals surface area contributed by atoms with Gasteiger partial charge >= 0.3 is 0 Å². The molecule has 3 aromatic carbocycles. The van der Waals surface area contributed by atoms with E-state index in [0.29, 0.717) is 12.5 Å². The van der Waals surface area contributed by atoms with Crippen molar-refractivity contribution in [1.82, 2.24) is 0 Å². The van der Waals surface area contributed by atoms with E-state index in [2.05, 4.69) is 32.9 Å². The Kier molecular flexibility index (Phi) is 4.28. The Labute approximate surface area is 154 Å². The van der Waals surface area contributed by atoms with Crippen LogP contribution in [0.4, 0.5) is 0 Å². The minimum Gasteiger partial charge on any atom is -0.508 e. The van der Waals surface area contributed by atoms with Crippen molar-refractivity contribution in [2.75, 3.05) is 13.7 Å². The summed E-state index contributed by atoms with van der Waals surface area (Å²) in [5.74, 6) is 1.61. The van der Waals surface area contributed by atoms with Gasteiger partial charge in [0.05, 0.1) is 12.7 Å². The van der Waals surface area contributed by atoms with E-state index in [1.165, 1.54) is 21.9 Å². The third-order valence-corrected chi connectivity index (χ3v) is 5.45. The number of aromatic hydroxyl groups is 1. The average Bonchev–Trinajstić information content (AvgIpc) is 3.03. The number of hydrogen-bond donors (Lipinski definition) is 1. The van der Waals surface area contributed by atoms with Crippen LogP contribution in [0.3, 0.4) is 0 Å². The fourth-order valence-electron chi connectivity index (χ4n) is 4.27. The molecule has 0 aliphatic heterocycles. The molecule has 0 fully saturated rings. The SMILES string of the molecule is COC1CCc2c1ccc1c2c(C)c(OCC(C)C)c2cc(O)ccc21. The predicted molar refractivity (Wildman–Crippen MR) is 106 cm³/mol. The largest absolute Gasteiger partial charge is 0.508 e. The molecule has 1 aliphatic rings. The number of phenols is 1. The highest BCUT2D eigenvalue weighted by molar-refractivity contribution is 6.13. The standard InChI is InChI=1S/C23H26O3/c1-13(2)12-26-23-14(3)22-18(16-6-5-15(24)11-20(16)23)8-7-17-19(22)9-10-21(17)25-4/h5-8,11,13,21,24H,9-10,12H2,1-4H3. The molecule has 1 atom stereocenters. The first kappa shape index (κ1) is 17.2. The molecular weight excluding hydrogens is 324 g/mol. The molecular formula is C23H26O3. The van der Waals surface area contributed by atoms with Gasteiger partial charge in [0.1, 0.15) is 11.5 Å². The Morgan fingerprint density at radius 2 is 1.88 bits per heavy atom. The van der Waals surface area contributed by atoms with E-state index in [1.807, 2.05) is 12.1 Å². The van der Waals surface area contributed by atoms with Crippen LogP contribution in [-0.4, -0.2) is 18.8 Å². The highest BCUT2D eigenvalue weighted by Gasteiger charge is 2.26. The molecule has 0 heterocycles. The highest BCUT2D eigenvalue weighted by Crippen LogP contribution is 2.45. The molecule has 0 saturated heterocycles. The summed E-state index contributed by atoms with van der Waals surface area (Å²) in [7, 11) is 1.79. The Hall–Kier alpha value is -2.26. The van der Waals surface area contributed by atoms with Gasteiger partial charge in [-0.25, -0.2) is 0 Å². The van der Waals surface area contributed by atoms with Crippen LogP contribution < -0.4 is 4.74 Å². The van der Waals surface area contributed by atoms with Crippen LogP contribution in [0.1, 0.15) is 43.1 Å². The van der Waals surface area contributed by atoms with Crippen LogP contribution in [0.15, 0.2) is 30.3 Å². The fourth-order valence-corrected chi connectivity index (χ4v) is 4.27. The van der Waals surface area contributed by atoms with Crippen molar-refractivity contribution in [2.24, 2.45) is 5.92 Å². The second-order valence-corrected chi connectivity index (χ2v) is 7.71. The molecule has 4 rings (SSSR count). The summed E-state index contributed by atoms with van der Waals surface area (Å²) in [6.07, 6.45) is 2.24. The van der Waals surface area contributed by atoms with E-state index in [4.69, 9.17) is 9.47 Å². The predicted octanol–water partition coefficient (Wildman–Crippen LogP) is 5.68. The number of aryl methyl sites for hydroxylation is 2. The Balaban J connectivity index is 2.06. The lowest BCUT2D eigenvalue weighted by molar-refractivity contribution is 0.105. The molecule has 1 N–H and O–H groups in total. The molecule has 0 amide bonds. The lowest BCUT2D eigenvalue weighted by atomic mass is 9.91. The first-order valence-corrected chi connectivity index (χ1v) is 9.37. The van der Waals surface area contributed by atoms with E-state index in [1.54, 1.807) is 13.2 Å². The molecule has 0 bridgehead atoms. The van der Waals surface area contributed by atoms with Crippen molar-refractivity contribution in [3.8, 4) is 11.5 Å². The zero-order chi connectivity index (χ0) is 18.4. The maximum absolute atomic E-state index is 10.0. The monoisotopic (exact) mass is 350 g/mol. The molecule has 3 aromatic rings. The molecule has 26 heavy (non-hydrogen) atoms. The molecule has 3 heteroatoms. The quantitative estimate of drug-likeness (QED) is 0.616. The van der Waals surface area contributed by atoms with Crippen molar-refractivity contribution in [3.63, 3.8) is 0 Å². The third-order valence-electron chi connectivity index (χ3n) is 5.45. The van der Waals surface area contributed by atoms with E-state index in [9.17, 15) is 5.11 Å². The molecule has 3 nitrogen and oxygen atoms in total. The first-order chi connectivity index (χ1) is 12.5. The third kappa shape index (κ3) is 2.62. The van der Waals surface area contributed by atoms with Crippen LogP contribution in [0.5, 0.6) is 11.5 Å². The van der Waals surface area contributed by atoms with Gasteiger partial charge in [0.15, 0.2) is 0 Å². The van der Waals surface area contributed by atoms with Crippen molar-refractivity contribution in [2.45, 2.75) is 39.7 Å². The van der Waals surface area contributed by atoms with Crippen LogP contribution in [-0.2, 0) is 11.2 Å². The molecule has 0 radical (unpaired) electrons. The molecule has 136 valence electrons. The van der Waals surface area contributed by atoms with Gasteiger partial charge in [-0.15, -0.1) is 0 Å². The second-order valence-electron chi connectivity index (χ2n) is 7.71. The summed E-state index contributed by atoms with van der Waals surface area (Å²) in [4.78, 5) is 0. The number of rotatable bonds is 4. The van der Waals surface area contributed by atoms with Crippen LogP contribution in [0.25, 0.3) is 21.5 Å². The van der Waals surface area contributed by atoms with Crippen LogP contribution in [0, 0.1) is 12.8 Å². The molecule has 1 unspecified atom stereocenters. The van der Waals surface area contributed by atoms with Gasteiger partial charge in [0.2, 0.25) is 0 Å². The summed E-state index contributed by atoms with van der Waals surface area (Å²) in [6, 6.07) is 9.99. The fraction of sp³-hybridized carbons (Fsp3) is 0.391. The lowest BCUT2D eigenvalue weighted by Crippen LogP contribution is -2.06. The number of phenolic OH excluding ortho intramolecular Hbond substituents is 1. The van der Waals surface area contributed by atoms with Crippen molar-refractivity contribution in [3.05, 3.63) is 47.0 Å². The number of methoxy groups -OCH3 is 1. The topological polar surface area (TPSA) is 38.7 Å². The molecule has 0 aromatic heterocycles. The van der Waals surface area contributed by atoms with E-state index >= 15 is 0 Å². The minimum absolute atomic E-state index is 0.185. The normalized spacial score (nSPS) is 16.6. The maximum atomic E-state index is 10.0. The first-order valence-electron chi connectivity index (χ1n) is 9.37. The average molecular weight is 350 g/mol. The van der Waals surface area contributed by atoms with Crippen molar-refractivity contribution < 1.29 is 14.6 Å². The van der Waals surface area contributed by atoms with E-state index in [0.717, 1.165) is 34.9 Å². The number of hydrogen-bond acceptors (Lipinski definition) is 3. The van der Waals surface area contributed by atoms with E-state index in [-0.39, 0.29) is 11.9 Å². The Morgan fingerprint density at radius 3 is 2.62 bits per heavy atom. The summed E-state index contributed by atoms with van der Waals surface area (Å²) < 4.78 is 11.9. The van der Waals surface area contributed by atoms with Crippen molar-refractivity contribution in [1.29, 1.82) is 0 Å². The maximum Gasteiger partial charge on any atom is 0.130 e. The Bertz CT molecular complexity index is 988. The van der Waals surface area contributed by atoms with Gasteiger partial charge in [-0.2, -0.15) is 0 Å². The van der Waals surface area contributed by atoms with Crippen molar-refractivity contribution >= 4 is 21.5 Å². The van der Waals surface area contributed by atoms with Gasteiger partial charge in [0, 0.05) is 12.5 Å². The molecule has 0 saturated carbocycles. The number of ether oxygens (including phenoxy) is 2. The van der Waals surface area contributed by atoms with Crippen LogP contribution in [0.2, 0.25) is 0 Å². The van der Waals surface area contributed by atoms with Gasteiger partial charge < -0.3 is 14.6 Å². The number of fused-ring (bicyclic) bond motifs is 5. The van der Waals surface area contributed by atoms with Gasteiger partial charge in [0.25, 0.3) is 0 Å².